The lowest BCUT2D eigenvalue weighted by atomic mass is 10.2. The molecule has 98 valence electrons. The number of benzene rings is 1. The average molecular weight is 324 g/mol. The van der Waals surface area contributed by atoms with E-state index in [4.69, 9.17) is 5.73 Å². The minimum Gasteiger partial charge on any atom is -0.508 e. The zero-order chi connectivity index (χ0) is 14.0. The summed E-state index contributed by atoms with van der Waals surface area (Å²) in [6.07, 6.45) is 1.39. The monoisotopic (exact) mass is 323 g/mol. The summed E-state index contributed by atoms with van der Waals surface area (Å²) in [5.74, 6) is -0.678. The second-order valence-electron chi connectivity index (χ2n) is 3.75. The van der Waals surface area contributed by atoms with E-state index in [0.29, 0.717) is 10.2 Å². The molecule has 0 unspecified atom stereocenters. The third-order valence-electron chi connectivity index (χ3n) is 2.32. The van der Waals surface area contributed by atoms with Crippen LogP contribution in [0.1, 0.15) is 10.4 Å². The van der Waals surface area contributed by atoms with E-state index in [9.17, 15) is 15.0 Å². The fraction of sp³-hybridized carbons (Fsp3) is 0. The first-order valence-electron chi connectivity index (χ1n) is 5.21. The number of pyridine rings is 1. The number of hydrogen-bond acceptors (Lipinski definition) is 5. The van der Waals surface area contributed by atoms with Crippen LogP contribution in [0.15, 0.2) is 34.9 Å². The Bertz CT molecular complexity index is 646. The predicted octanol–water partition coefficient (Wildman–Crippen LogP) is 2.09. The Labute approximate surface area is 117 Å². The van der Waals surface area contributed by atoms with E-state index in [1.54, 1.807) is 6.07 Å². The molecule has 0 aliphatic heterocycles. The Morgan fingerprint density at radius 2 is 2.05 bits per heavy atom. The number of hydrogen-bond donors (Lipinski definition) is 4. The van der Waals surface area contributed by atoms with E-state index >= 15 is 0 Å². The second-order valence-corrected chi connectivity index (χ2v) is 4.61. The summed E-state index contributed by atoms with van der Waals surface area (Å²) >= 11 is 3.21. The molecule has 1 heterocycles. The number of aromatic hydroxyl groups is 2. The first-order valence-corrected chi connectivity index (χ1v) is 6.01. The summed E-state index contributed by atoms with van der Waals surface area (Å²) < 4.78 is 0.514. The summed E-state index contributed by atoms with van der Waals surface area (Å²) in [6, 6.07) is 5.26. The largest absolute Gasteiger partial charge is 0.508 e. The molecule has 0 aliphatic rings. The summed E-state index contributed by atoms with van der Waals surface area (Å²) in [6.45, 7) is 0. The number of halogens is 1. The minimum absolute atomic E-state index is 0.0504. The lowest BCUT2D eigenvalue weighted by molar-refractivity contribution is 0.102. The molecule has 2 rings (SSSR count). The van der Waals surface area contributed by atoms with Gasteiger partial charge in [0, 0.05) is 0 Å². The normalized spacial score (nSPS) is 10.2. The molecular weight excluding hydrogens is 314 g/mol. The summed E-state index contributed by atoms with van der Waals surface area (Å²) in [4.78, 5) is 15.9. The van der Waals surface area contributed by atoms with E-state index in [1.165, 1.54) is 18.3 Å². The molecule has 1 aromatic carbocycles. The van der Waals surface area contributed by atoms with Crippen LogP contribution in [0.4, 0.5) is 11.5 Å². The zero-order valence-electron chi connectivity index (χ0n) is 9.59. The van der Waals surface area contributed by atoms with Crippen LogP contribution in [-0.2, 0) is 0 Å². The number of nitrogens with two attached hydrogens (primary N) is 1. The van der Waals surface area contributed by atoms with E-state index in [2.05, 4.69) is 26.2 Å². The van der Waals surface area contributed by atoms with Crippen molar-refractivity contribution < 1.29 is 15.0 Å². The fourth-order valence-corrected chi connectivity index (χ4v) is 1.89. The van der Waals surface area contributed by atoms with Crippen LogP contribution in [0.5, 0.6) is 11.5 Å². The smallest absolute Gasteiger partial charge is 0.260 e. The van der Waals surface area contributed by atoms with Gasteiger partial charge in [-0.1, -0.05) is 0 Å². The van der Waals surface area contributed by atoms with Gasteiger partial charge in [-0.25, -0.2) is 4.98 Å². The molecule has 5 N–H and O–H groups in total. The van der Waals surface area contributed by atoms with Gasteiger partial charge in [-0.2, -0.15) is 0 Å². The number of amides is 1. The summed E-state index contributed by atoms with van der Waals surface area (Å²) in [7, 11) is 0. The number of anilines is 2. The van der Waals surface area contributed by atoms with Crippen molar-refractivity contribution in [1.29, 1.82) is 0 Å². The van der Waals surface area contributed by atoms with Crippen molar-refractivity contribution in [3.8, 4) is 11.5 Å². The Kier molecular flexibility index (Phi) is 3.57. The van der Waals surface area contributed by atoms with Crippen molar-refractivity contribution in [2.75, 3.05) is 11.1 Å². The minimum atomic E-state index is -0.591. The van der Waals surface area contributed by atoms with Crippen molar-refractivity contribution in [3.05, 3.63) is 40.5 Å². The molecule has 1 amide bonds. The highest BCUT2D eigenvalue weighted by atomic mass is 79.9. The molecule has 0 radical (unpaired) electrons. The van der Waals surface area contributed by atoms with E-state index in [1.807, 2.05) is 0 Å². The van der Waals surface area contributed by atoms with Crippen LogP contribution >= 0.6 is 15.9 Å². The van der Waals surface area contributed by atoms with Gasteiger partial charge in [0.05, 0.1) is 21.9 Å². The highest BCUT2D eigenvalue weighted by molar-refractivity contribution is 9.10. The van der Waals surface area contributed by atoms with Gasteiger partial charge in [-0.05, 0) is 40.2 Å². The van der Waals surface area contributed by atoms with E-state index in [-0.39, 0.29) is 22.9 Å². The molecule has 0 saturated heterocycles. The van der Waals surface area contributed by atoms with Gasteiger partial charge in [-0.3, -0.25) is 4.79 Å². The van der Waals surface area contributed by atoms with Gasteiger partial charge >= 0.3 is 0 Å². The van der Waals surface area contributed by atoms with Crippen LogP contribution in [0.25, 0.3) is 0 Å². The Hall–Kier alpha value is -2.28. The molecule has 0 aliphatic carbocycles. The Morgan fingerprint density at radius 3 is 2.74 bits per heavy atom. The molecule has 0 atom stereocenters. The number of aromatic nitrogens is 1. The number of nitrogens with zero attached hydrogens (tertiary/aromatic N) is 1. The van der Waals surface area contributed by atoms with Crippen molar-refractivity contribution in [2.45, 2.75) is 0 Å². The lowest BCUT2D eigenvalue weighted by Crippen LogP contribution is -2.13. The maximum absolute atomic E-state index is 11.9. The van der Waals surface area contributed by atoms with Crippen LogP contribution in [0.2, 0.25) is 0 Å². The van der Waals surface area contributed by atoms with Gasteiger partial charge in [0.15, 0.2) is 0 Å². The van der Waals surface area contributed by atoms with Crippen molar-refractivity contribution >= 4 is 33.3 Å². The number of nitrogen functional groups attached to an aromatic ring is 1. The van der Waals surface area contributed by atoms with Crippen molar-refractivity contribution in [1.82, 2.24) is 4.98 Å². The van der Waals surface area contributed by atoms with Crippen LogP contribution in [-0.4, -0.2) is 21.1 Å². The first-order chi connectivity index (χ1) is 8.97. The highest BCUT2D eigenvalue weighted by Gasteiger charge is 2.14. The molecule has 0 saturated carbocycles. The van der Waals surface area contributed by atoms with E-state index < -0.39 is 5.91 Å². The third kappa shape index (κ3) is 2.94. The number of rotatable bonds is 2. The summed E-state index contributed by atoms with van der Waals surface area (Å²) in [5.41, 5.74) is 5.93. The standard InChI is InChI=1S/C12H10BrN3O3/c13-9-3-6(14)5-15-11(9)16-12(19)8-4-7(17)1-2-10(8)18/h1-5,17-18H,14H2,(H,15,16,19). The van der Waals surface area contributed by atoms with Crippen molar-refractivity contribution in [3.63, 3.8) is 0 Å². The first kappa shape index (κ1) is 13.2. The molecule has 19 heavy (non-hydrogen) atoms. The predicted molar refractivity (Wildman–Crippen MR) is 74.1 cm³/mol. The second kappa shape index (κ2) is 5.15. The molecule has 2 aromatic rings. The maximum Gasteiger partial charge on any atom is 0.260 e. The number of carbonyl (C=O) groups excluding carboxylic acids is 1. The van der Waals surface area contributed by atoms with Gasteiger partial charge < -0.3 is 21.3 Å². The van der Waals surface area contributed by atoms with Crippen molar-refractivity contribution in [2.24, 2.45) is 0 Å². The molecular formula is C12H10BrN3O3. The van der Waals surface area contributed by atoms with Crippen LogP contribution in [0, 0.1) is 0 Å². The topological polar surface area (TPSA) is 108 Å². The van der Waals surface area contributed by atoms with Gasteiger partial charge in [-0.15, -0.1) is 0 Å². The Morgan fingerprint density at radius 1 is 1.32 bits per heavy atom. The number of phenolic OH excluding ortho intramolecular Hbond substituents is 2. The molecule has 1 aromatic heterocycles. The number of phenols is 2. The van der Waals surface area contributed by atoms with Crippen LogP contribution in [0.3, 0.4) is 0 Å². The molecule has 0 spiro atoms. The van der Waals surface area contributed by atoms with E-state index in [0.717, 1.165) is 6.07 Å². The highest BCUT2D eigenvalue weighted by Crippen LogP contribution is 2.25. The zero-order valence-corrected chi connectivity index (χ0v) is 11.2. The number of nitrogens with one attached hydrogen (secondary N) is 1. The van der Waals surface area contributed by atoms with Gasteiger partial charge in [0.1, 0.15) is 17.3 Å². The molecule has 6 nitrogen and oxygen atoms in total. The lowest BCUT2D eigenvalue weighted by Gasteiger charge is -2.08. The molecule has 7 heteroatoms. The Balaban J connectivity index is 2.28. The molecule has 0 bridgehead atoms. The number of carbonyl (C=O) groups is 1. The SMILES string of the molecule is Nc1cnc(NC(=O)c2cc(O)ccc2O)c(Br)c1. The average Bonchev–Trinajstić information content (AvgIpc) is 2.35. The third-order valence-corrected chi connectivity index (χ3v) is 2.92. The molecule has 0 fully saturated rings. The summed E-state index contributed by atoms with van der Waals surface area (Å²) in [5, 5.41) is 21.4. The fourth-order valence-electron chi connectivity index (χ4n) is 1.43. The van der Waals surface area contributed by atoms with Crippen LogP contribution < -0.4 is 11.1 Å². The maximum atomic E-state index is 11.9. The van der Waals surface area contributed by atoms with Gasteiger partial charge in [0.25, 0.3) is 5.91 Å². The quantitative estimate of drug-likeness (QED) is 0.633. The van der Waals surface area contributed by atoms with Gasteiger partial charge in [0.2, 0.25) is 0 Å².